The molecule has 4 radical (unpaired) electrons. The van der Waals surface area contributed by atoms with Crippen LogP contribution in [0.15, 0.2) is 18.2 Å². The Bertz CT molecular complexity index is 550. The first-order valence-corrected chi connectivity index (χ1v) is 4.51. The van der Waals surface area contributed by atoms with E-state index in [4.69, 9.17) is 15.7 Å². The smallest absolute Gasteiger partial charge is 0.122 e. The van der Waals surface area contributed by atoms with Crippen molar-refractivity contribution in [3.05, 3.63) is 23.8 Å². The predicted molar refractivity (Wildman–Crippen MR) is 62.8 cm³/mol. The van der Waals surface area contributed by atoms with Crippen molar-refractivity contribution < 1.29 is 10.2 Å². The summed E-state index contributed by atoms with van der Waals surface area (Å²) in [5, 5.41) is 20.4. The lowest BCUT2D eigenvalue weighted by molar-refractivity contribution is 0.479. The Morgan fingerprint density at radius 3 is 2.33 bits per heavy atom. The second kappa shape index (κ2) is 3.23. The van der Waals surface area contributed by atoms with Crippen molar-refractivity contribution in [2.75, 3.05) is 0 Å². The molecule has 2 aromatic carbocycles. The number of rotatable bonds is 0. The van der Waals surface area contributed by atoms with Crippen molar-refractivity contribution in [1.29, 1.82) is 0 Å². The molecule has 2 N–H and O–H groups in total. The van der Waals surface area contributed by atoms with Gasteiger partial charge in [0, 0.05) is 5.39 Å². The van der Waals surface area contributed by atoms with E-state index in [-0.39, 0.29) is 22.4 Å². The third-order valence-corrected chi connectivity index (χ3v) is 2.56. The fraction of sp³-hybridized carbons (Fsp3) is 0.0909. The van der Waals surface area contributed by atoms with Crippen LogP contribution in [0.25, 0.3) is 10.8 Å². The highest BCUT2D eigenvalue weighted by atomic mass is 16.3. The maximum absolute atomic E-state index is 9.67. The molecule has 70 valence electrons. The van der Waals surface area contributed by atoms with Crippen LogP contribution in [0.5, 0.6) is 11.5 Å². The molecule has 0 fully saturated rings. The Labute approximate surface area is 90.4 Å². The minimum atomic E-state index is -0.0614. The Balaban J connectivity index is 3.04. The molecule has 4 heteroatoms. The highest BCUT2D eigenvalue weighted by Gasteiger charge is 2.09. The molecule has 0 aliphatic heterocycles. The van der Waals surface area contributed by atoms with Gasteiger partial charge in [0.1, 0.15) is 27.2 Å². The lowest BCUT2D eigenvalue weighted by Gasteiger charge is -2.12. The van der Waals surface area contributed by atoms with Crippen molar-refractivity contribution in [3.63, 3.8) is 0 Å². The maximum atomic E-state index is 9.67. The fourth-order valence-electron chi connectivity index (χ4n) is 1.67. The molecule has 0 amide bonds. The fourth-order valence-corrected chi connectivity index (χ4v) is 1.67. The Morgan fingerprint density at radius 1 is 1.00 bits per heavy atom. The first-order chi connectivity index (χ1) is 7.02. The number of phenolic OH excluding ortho intramolecular Hbond substituents is 2. The number of aryl methyl sites for hydroxylation is 1. The van der Waals surface area contributed by atoms with Gasteiger partial charge in [0.25, 0.3) is 0 Å². The largest absolute Gasteiger partial charge is 0.509 e. The molecule has 0 saturated heterocycles. The van der Waals surface area contributed by atoms with Gasteiger partial charge in [-0.05, 0) is 30.0 Å². The van der Waals surface area contributed by atoms with E-state index in [0.29, 0.717) is 10.8 Å². The number of phenols is 2. The number of hydrogen-bond donors (Lipinski definition) is 2. The first kappa shape index (κ1) is 9.97. The van der Waals surface area contributed by atoms with E-state index in [2.05, 4.69) is 0 Å². The molecule has 0 bridgehead atoms. The van der Waals surface area contributed by atoms with Crippen LogP contribution in [0.3, 0.4) is 0 Å². The summed E-state index contributed by atoms with van der Waals surface area (Å²) in [7, 11) is 11.3. The highest BCUT2D eigenvalue weighted by Crippen LogP contribution is 2.27. The monoisotopic (exact) mass is 194 g/mol. The lowest BCUT2D eigenvalue weighted by Crippen LogP contribution is -2.26. The van der Waals surface area contributed by atoms with Gasteiger partial charge >= 0.3 is 0 Å². The minimum absolute atomic E-state index is 0.0614. The molecule has 0 unspecified atom stereocenters. The molecule has 2 nitrogen and oxygen atoms in total. The molecule has 0 saturated carbocycles. The molecular weight excluding hydrogens is 186 g/mol. The van der Waals surface area contributed by atoms with Crippen molar-refractivity contribution in [2.24, 2.45) is 0 Å². The van der Waals surface area contributed by atoms with Crippen molar-refractivity contribution >= 4 is 37.4 Å². The van der Waals surface area contributed by atoms with Gasteiger partial charge in [-0.3, -0.25) is 0 Å². The van der Waals surface area contributed by atoms with Crippen LogP contribution >= 0.6 is 0 Å². The molecule has 0 spiro atoms. The summed E-state index contributed by atoms with van der Waals surface area (Å²) in [4.78, 5) is 0. The zero-order chi connectivity index (χ0) is 11.2. The summed E-state index contributed by atoms with van der Waals surface area (Å²) in [6.07, 6.45) is 0. The van der Waals surface area contributed by atoms with Gasteiger partial charge in [-0.1, -0.05) is 17.0 Å². The summed E-state index contributed by atoms with van der Waals surface area (Å²) < 4.78 is 0. The number of hydrogen-bond acceptors (Lipinski definition) is 2. The number of fused-ring (bicyclic) bond motifs is 1. The Hall–Kier alpha value is -1.57. The molecule has 0 aliphatic carbocycles. The summed E-state index contributed by atoms with van der Waals surface area (Å²) in [5.41, 5.74) is 1.24. The number of benzene rings is 2. The van der Waals surface area contributed by atoms with E-state index in [1.165, 1.54) is 6.07 Å². The zero-order valence-corrected chi connectivity index (χ0v) is 8.28. The molecule has 15 heavy (non-hydrogen) atoms. The van der Waals surface area contributed by atoms with Crippen LogP contribution in [0, 0.1) is 6.92 Å². The van der Waals surface area contributed by atoms with E-state index >= 15 is 0 Å². The molecule has 2 rings (SSSR count). The van der Waals surface area contributed by atoms with E-state index < -0.39 is 0 Å². The quantitative estimate of drug-likeness (QED) is 0.585. The van der Waals surface area contributed by atoms with Gasteiger partial charge in [-0.2, -0.15) is 0 Å². The van der Waals surface area contributed by atoms with E-state index in [1.807, 2.05) is 6.92 Å². The summed E-state index contributed by atoms with van der Waals surface area (Å²) >= 11 is 0. The standard InChI is InChI=1S/C11H8B2O2/c1-5-2-3-7(14)9-6(5)4-8(15)10(12)11(9)13/h2-4,14-15H,1H3. The van der Waals surface area contributed by atoms with Crippen LogP contribution in [0.1, 0.15) is 5.56 Å². The third kappa shape index (κ3) is 1.37. The van der Waals surface area contributed by atoms with Crippen LogP contribution < -0.4 is 10.9 Å². The normalized spacial score (nSPS) is 10.7. The van der Waals surface area contributed by atoms with Crippen LogP contribution in [-0.4, -0.2) is 25.9 Å². The van der Waals surface area contributed by atoms with Crippen molar-refractivity contribution in [2.45, 2.75) is 6.92 Å². The summed E-state index contributed by atoms with van der Waals surface area (Å²) in [5.74, 6) is 0.00787. The van der Waals surface area contributed by atoms with Crippen LogP contribution in [0.4, 0.5) is 0 Å². The average Bonchev–Trinajstić information content (AvgIpc) is 2.20. The molecule has 2 aromatic rings. The molecule has 0 heterocycles. The van der Waals surface area contributed by atoms with E-state index in [0.717, 1.165) is 5.56 Å². The SMILES string of the molecule is [B]c1c(O)cc2c(C)ccc(O)c2c1[B]. The van der Waals surface area contributed by atoms with E-state index in [1.54, 1.807) is 12.1 Å². The first-order valence-electron chi connectivity index (χ1n) is 4.51. The Morgan fingerprint density at radius 2 is 1.67 bits per heavy atom. The van der Waals surface area contributed by atoms with Gasteiger partial charge in [0.05, 0.1) is 0 Å². The molecule has 0 atom stereocenters. The van der Waals surface area contributed by atoms with Gasteiger partial charge in [0.2, 0.25) is 0 Å². The summed E-state index contributed by atoms with van der Waals surface area (Å²) in [6.45, 7) is 1.87. The van der Waals surface area contributed by atoms with Gasteiger partial charge < -0.3 is 10.2 Å². The predicted octanol–water partition coefficient (Wildman–Crippen LogP) is 0.147. The zero-order valence-electron chi connectivity index (χ0n) is 8.28. The topological polar surface area (TPSA) is 40.5 Å². The van der Waals surface area contributed by atoms with Gasteiger partial charge in [-0.15, -0.1) is 0 Å². The second-order valence-electron chi connectivity index (χ2n) is 3.55. The average molecular weight is 194 g/mol. The van der Waals surface area contributed by atoms with Gasteiger partial charge in [0.15, 0.2) is 0 Å². The van der Waals surface area contributed by atoms with Crippen molar-refractivity contribution in [1.82, 2.24) is 0 Å². The van der Waals surface area contributed by atoms with Crippen LogP contribution in [-0.2, 0) is 0 Å². The number of aromatic hydroxyl groups is 2. The molecule has 0 aromatic heterocycles. The van der Waals surface area contributed by atoms with Gasteiger partial charge in [-0.25, -0.2) is 0 Å². The maximum Gasteiger partial charge on any atom is 0.122 e. The summed E-state index contributed by atoms with van der Waals surface area (Å²) in [6, 6.07) is 4.83. The molecule has 0 aliphatic rings. The van der Waals surface area contributed by atoms with Crippen molar-refractivity contribution in [3.8, 4) is 11.5 Å². The third-order valence-electron chi connectivity index (χ3n) is 2.56. The Kier molecular flexibility index (Phi) is 2.14. The minimum Gasteiger partial charge on any atom is -0.509 e. The second-order valence-corrected chi connectivity index (χ2v) is 3.55. The lowest BCUT2D eigenvalue weighted by atomic mass is 9.76. The van der Waals surface area contributed by atoms with Crippen LogP contribution in [0.2, 0.25) is 0 Å². The van der Waals surface area contributed by atoms with E-state index in [9.17, 15) is 10.2 Å². The highest BCUT2D eigenvalue weighted by molar-refractivity contribution is 6.54. The molecular formula is C11H8B2O2.